The Bertz CT molecular complexity index is 712. The Hall–Kier alpha value is -2.57. The van der Waals surface area contributed by atoms with Crippen molar-refractivity contribution in [2.75, 3.05) is 0 Å². The summed E-state index contributed by atoms with van der Waals surface area (Å²) in [5.74, 6) is 0.0962. The number of hydrogen-bond acceptors (Lipinski definition) is 4. The lowest BCUT2D eigenvalue weighted by molar-refractivity contribution is -0.139. The molecule has 116 valence electrons. The Morgan fingerprint density at radius 2 is 2.23 bits per heavy atom. The maximum absolute atomic E-state index is 12.3. The Labute approximate surface area is 126 Å². The molecule has 0 aromatic carbocycles. The first-order valence-electron chi connectivity index (χ1n) is 7.14. The van der Waals surface area contributed by atoms with E-state index in [1.54, 1.807) is 12.1 Å². The highest BCUT2D eigenvalue weighted by Gasteiger charge is 2.40. The lowest BCUT2D eigenvalue weighted by atomic mass is 9.74. The van der Waals surface area contributed by atoms with Gasteiger partial charge in [-0.3, -0.25) is 14.7 Å². The van der Waals surface area contributed by atoms with Crippen molar-refractivity contribution in [2.45, 2.75) is 38.1 Å². The summed E-state index contributed by atoms with van der Waals surface area (Å²) in [7, 11) is 0. The van der Waals surface area contributed by atoms with Gasteiger partial charge in [0, 0.05) is 6.07 Å². The van der Waals surface area contributed by atoms with Gasteiger partial charge in [0.05, 0.1) is 12.0 Å². The van der Waals surface area contributed by atoms with E-state index in [4.69, 9.17) is 9.52 Å². The molecule has 3 N–H and O–H groups in total. The van der Waals surface area contributed by atoms with E-state index in [9.17, 15) is 9.59 Å². The zero-order valence-electron chi connectivity index (χ0n) is 12.2. The fourth-order valence-corrected chi connectivity index (χ4v) is 2.69. The molecule has 0 aliphatic heterocycles. The molecule has 1 aliphatic carbocycles. The molecular formula is C15H17N3O4. The summed E-state index contributed by atoms with van der Waals surface area (Å²) in [6.07, 6.45) is 2.22. The van der Waals surface area contributed by atoms with Gasteiger partial charge in [-0.1, -0.05) is 0 Å². The Morgan fingerprint density at radius 1 is 1.45 bits per heavy atom. The minimum atomic E-state index is -0.909. The van der Waals surface area contributed by atoms with Gasteiger partial charge in [0.25, 0.3) is 5.91 Å². The maximum Gasteiger partial charge on any atom is 0.305 e. The quantitative estimate of drug-likeness (QED) is 0.784. The van der Waals surface area contributed by atoms with Crippen LogP contribution in [0.2, 0.25) is 0 Å². The van der Waals surface area contributed by atoms with Gasteiger partial charge >= 0.3 is 5.97 Å². The highest BCUT2D eigenvalue weighted by atomic mass is 16.4. The van der Waals surface area contributed by atoms with E-state index in [0.29, 0.717) is 24.3 Å². The predicted molar refractivity (Wildman–Crippen MR) is 77.3 cm³/mol. The summed E-state index contributed by atoms with van der Waals surface area (Å²) in [4.78, 5) is 23.2. The summed E-state index contributed by atoms with van der Waals surface area (Å²) in [6, 6.07) is 5.22. The SMILES string of the molecule is Cc1ccc(-c2cc(C(=O)NC3(CC(=O)O)CCC3)n[nH]2)o1. The van der Waals surface area contributed by atoms with Crippen molar-refractivity contribution < 1.29 is 19.1 Å². The Kier molecular flexibility index (Phi) is 3.48. The van der Waals surface area contributed by atoms with Gasteiger partial charge in [0.2, 0.25) is 0 Å². The second kappa shape index (κ2) is 5.32. The average molecular weight is 303 g/mol. The molecule has 7 nitrogen and oxygen atoms in total. The molecule has 0 spiro atoms. The van der Waals surface area contributed by atoms with Crippen molar-refractivity contribution in [3.63, 3.8) is 0 Å². The number of carboxylic acids is 1. The highest BCUT2D eigenvalue weighted by Crippen LogP contribution is 2.35. The fourth-order valence-electron chi connectivity index (χ4n) is 2.69. The van der Waals surface area contributed by atoms with Gasteiger partial charge in [-0.15, -0.1) is 0 Å². The van der Waals surface area contributed by atoms with Crippen LogP contribution in [-0.2, 0) is 4.79 Å². The summed E-state index contributed by atoms with van der Waals surface area (Å²) >= 11 is 0. The molecule has 0 radical (unpaired) electrons. The van der Waals surface area contributed by atoms with Crippen molar-refractivity contribution in [1.29, 1.82) is 0 Å². The summed E-state index contributed by atoms with van der Waals surface area (Å²) in [5, 5.41) is 18.5. The van der Waals surface area contributed by atoms with Crippen LogP contribution in [0, 0.1) is 6.92 Å². The lowest BCUT2D eigenvalue weighted by Crippen LogP contribution is -2.54. The number of nitrogens with zero attached hydrogens (tertiary/aromatic N) is 1. The molecule has 2 aromatic heterocycles. The number of carboxylic acid groups (broad SMARTS) is 1. The van der Waals surface area contributed by atoms with Crippen LogP contribution in [0.3, 0.4) is 0 Å². The molecule has 0 unspecified atom stereocenters. The maximum atomic E-state index is 12.3. The first-order chi connectivity index (χ1) is 10.5. The van der Waals surface area contributed by atoms with Crippen molar-refractivity contribution in [3.05, 3.63) is 29.7 Å². The molecule has 0 bridgehead atoms. The van der Waals surface area contributed by atoms with Gasteiger partial charge in [-0.25, -0.2) is 0 Å². The molecule has 0 atom stereocenters. The number of aryl methyl sites for hydroxylation is 1. The number of aromatic nitrogens is 2. The van der Waals surface area contributed by atoms with Crippen LogP contribution in [0.25, 0.3) is 11.5 Å². The standard InChI is InChI=1S/C15H17N3O4/c1-9-3-4-12(22-9)10-7-11(18-17-10)14(21)16-15(5-2-6-15)8-13(19)20/h3-4,7H,2,5-6,8H2,1H3,(H,16,21)(H,17,18)(H,19,20). The van der Waals surface area contributed by atoms with Gasteiger partial charge in [-0.2, -0.15) is 5.10 Å². The van der Waals surface area contributed by atoms with Crippen LogP contribution >= 0.6 is 0 Å². The van der Waals surface area contributed by atoms with Gasteiger partial charge in [0.1, 0.15) is 11.5 Å². The molecule has 3 rings (SSSR count). The fraction of sp³-hybridized carbons (Fsp3) is 0.400. The molecule has 7 heteroatoms. The van der Waals surface area contributed by atoms with Gasteiger partial charge < -0.3 is 14.8 Å². The normalized spacial score (nSPS) is 16.0. The molecule has 1 aliphatic rings. The van der Waals surface area contributed by atoms with Crippen LogP contribution in [0.1, 0.15) is 41.9 Å². The van der Waals surface area contributed by atoms with E-state index in [0.717, 1.165) is 12.2 Å². The topological polar surface area (TPSA) is 108 Å². The van der Waals surface area contributed by atoms with Crippen LogP contribution in [0.5, 0.6) is 0 Å². The van der Waals surface area contributed by atoms with Crippen molar-refractivity contribution in [1.82, 2.24) is 15.5 Å². The second-order valence-electron chi connectivity index (χ2n) is 5.74. The van der Waals surface area contributed by atoms with E-state index in [1.165, 1.54) is 0 Å². The Morgan fingerprint density at radius 3 is 2.77 bits per heavy atom. The molecule has 1 fully saturated rings. The number of carbonyl (C=O) groups excluding carboxylic acids is 1. The third-order valence-electron chi connectivity index (χ3n) is 4.00. The van der Waals surface area contributed by atoms with Crippen LogP contribution in [-0.4, -0.2) is 32.7 Å². The molecule has 2 heterocycles. The van der Waals surface area contributed by atoms with Crippen LogP contribution < -0.4 is 5.32 Å². The minimum Gasteiger partial charge on any atom is -0.481 e. The van der Waals surface area contributed by atoms with E-state index in [-0.39, 0.29) is 18.0 Å². The number of furan rings is 1. The zero-order valence-corrected chi connectivity index (χ0v) is 12.2. The first-order valence-corrected chi connectivity index (χ1v) is 7.14. The third-order valence-corrected chi connectivity index (χ3v) is 4.00. The smallest absolute Gasteiger partial charge is 0.305 e. The highest BCUT2D eigenvalue weighted by molar-refractivity contribution is 5.94. The van der Waals surface area contributed by atoms with Gasteiger partial charge in [-0.05, 0) is 38.3 Å². The number of carbonyl (C=O) groups is 2. The molecule has 0 saturated heterocycles. The van der Waals surface area contributed by atoms with E-state index in [2.05, 4.69) is 15.5 Å². The lowest BCUT2D eigenvalue weighted by Gasteiger charge is -2.41. The summed E-state index contributed by atoms with van der Waals surface area (Å²) in [5.41, 5.74) is 0.198. The van der Waals surface area contributed by atoms with Crippen molar-refractivity contribution in [3.8, 4) is 11.5 Å². The number of H-pyrrole nitrogens is 1. The van der Waals surface area contributed by atoms with E-state index >= 15 is 0 Å². The van der Waals surface area contributed by atoms with E-state index in [1.807, 2.05) is 13.0 Å². The number of nitrogens with one attached hydrogen (secondary N) is 2. The first kappa shape index (κ1) is 14.4. The summed E-state index contributed by atoms with van der Waals surface area (Å²) < 4.78 is 5.47. The molecule has 1 amide bonds. The third kappa shape index (κ3) is 2.74. The number of amides is 1. The van der Waals surface area contributed by atoms with Gasteiger partial charge in [0.15, 0.2) is 11.5 Å². The molecule has 2 aromatic rings. The minimum absolute atomic E-state index is 0.0621. The molecular weight excluding hydrogens is 286 g/mol. The predicted octanol–water partition coefficient (Wildman–Crippen LogP) is 2.11. The molecule has 1 saturated carbocycles. The number of aromatic amines is 1. The van der Waals surface area contributed by atoms with Crippen LogP contribution in [0.15, 0.2) is 22.6 Å². The number of aliphatic carboxylic acids is 1. The Balaban J connectivity index is 1.73. The average Bonchev–Trinajstić information content (AvgIpc) is 3.03. The second-order valence-corrected chi connectivity index (χ2v) is 5.74. The monoisotopic (exact) mass is 303 g/mol. The number of rotatable bonds is 5. The molecule has 22 heavy (non-hydrogen) atoms. The van der Waals surface area contributed by atoms with Crippen LogP contribution in [0.4, 0.5) is 0 Å². The van der Waals surface area contributed by atoms with E-state index < -0.39 is 11.5 Å². The summed E-state index contributed by atoms with van der Waals surface area (Å²) in [6.45, 7) is 1.83. The van der Waals surface area contributed by atoms with Crippen molar-refractivity contribution >= 4 is 11.9 Å². The zero-order chi connectivity index (χ0) is 15.7. The van der Waals surface area contributed by atoms with Crippen molar-refractivity contribution in [2.24, 2.45) is 0 Å². The largest absolute Gasteiger partial charge is 0.481 e. The number of hydrogen-bond donors (Lipinski definition) is 3.